The lowest BCUT2D eigenvalue weighted by Crippen LogP contribution is -2.49. The van der Waals surface area contributed by atoms with Crippen molar-refractivity contribution in [3.8, 4) is 0 Å². The van der Waals surface area contributed by atoms with Crippen LogP contribution in [0.25, 0.3) is 0 Å². The van der Waals surface area contributed by atoms with Crippen LogP contribution in [-0.4, -0.2) is 34.4 Å². The molecule has 19 heavy (non-hydrogen) atoms. The lowest BCUT2D eigenvalue weighted by Gasteiger charge is -2.29. The van der Waals surface area contributed by atoms with Crippen molar-refractivity contribution >= 4 is 10.0 Å². The smallest absolute Gasteiger partial charge is 0.212 e. The maximum Gasteiger partial charge on any atom is 0.212 e. The molecule has 0 bridgehead atoms. The average Bonchev–Trinajstić information content (AvgIpc) is 2.39. The second-order valence-corrected chi connectivity index (χ2v) is 6.51. The molecule has 0 aliphatic rings. The van der Waals surface area contributed by atoms with Gasteiger partial charge in [0.15, 0.2) is 0 Å². The van der Waals surface area contributed by atoms with Crippen LogP contribution in [0.2, 0.25) is 0 Å². The molecule has 0 saturated heterocycles. The van der Waals surface area contributed by atoms with Gasteiger partial charge in [-0.3, -0.25) is 0 Å². The van der Waals surface area contributed by atoms with E-state index in [1.54, 1.807) is 14.0 Å². The first-order valence-corrected chi connectivity index (χ1v) is 7.85. The summed E-state index contributed by atoms with van der Waals surface area (Å²) in [6, 6.07) is 9.34. The average molecular weight is 286 g/mol. The van der Waals surface area contributed by atoms with Crippen molar-refractivity contribution in [2.24, 2.45) is 5.73 Å². The topological polar surface area (TPSA) is 81.4 Å². The van der Waals surface area contributed by atoms with E-state index in [1.807, 2.05) is 30.3 Å². The second kappa shape index (κ2) is 7.00. The van der Waals surface area contributed by atoms with E-state index in [4.69, 9.17) is 10.5 Å². The Morgan fingerprint density at radius 3 is 2.47 bits per heavy atom. The number of benzene rings is 1. The third-order valence-corrected chi connectivity index (χ3v) is 4.55. The summed E-state index contributed by atoms with van der Waals surface area (Å²) in [5.74, 6) is 0.0310. The SMILES string of the molecule is COCCCS(=O)(=O)NC(C)(CN)c1ccccc1. The zero-order valence-electron chi connectivity index (χ0n) is 11.4. The number of sulfonamides is 1. The van der Waals surface area contributed by atoms with E-state index in [0.717, 1.165) is 5.56 Å². The largest absolute Gasteiger partial charge is 0.385 e. The Morgan fingerprint density at radius 2 is 1.95 bits per heavy atom. The van der Waals surface area contributed by atoms with Gasteiger partial charge in [-0.25, -0.2) is 13.1 Å². The van der Waals surface area contributed by atoms with E-state index in [2.05, 4.69) is 4.72 Å². The summed E-state index contributed by atoms with van der Waals surface area (Å²) in [6.45, 7) is 2.41. The van der Waals surface area contributed by atoms with Crippen molar-refractivity contribution in [3.05, 3.63) is 35.9 Å². The molecule has 108 valence electrons. The van der Waals surface area contributed by atoms with E-state index < -0.39 is 15.6 Å². The first-order valence-electron chi connectivity index (χ1n) is 6.20. The standard InChI is InChI=1S/C13H22N2O3S/c1-13(11-14,12-7-4-3-5-8-12)15-19(16,17)10-6-9-18-2/h3-5,7-8,15H,6,9-11,14H2,1-2H3. The lowest BCUT2D eigenvalue weighted by atomic mass is 9.94. The van der Waals surface area contributed by atoms with Crippen LogP contribution in [-0.2, 0) is 20.3 Å². The van der Waals surface area contributed by atoms with Gasteiger partial charge in [-0.05, 0) is 18.9 Å². The minimum Gasteiger partial charge on any atom is -0.385 e. The molecule has 0 aliphatic heterocycles. The van der Waals surface area contributed by atoms with Gasteiger partial charge in [-0.2, -0.15) is 0 Å². The van der Waals surface area contributed by atoms with Crippen LogP contribution < -0.4 is 10.5 Å². The molecule has 0 aliphatic carbocycles. The van der Waals surface area contributed by atoms with Crippen molar-refractivity contribution in [2.75, 3.05) is 26.0 Å². The zero-order chi connectivity index (χ0) is 14.4. The summed E-state index contributed by atoms with van der Waals surface area (Å²) in [4.78, 5) is 0. The van der Waals surface area contributed by atoms with Gasteiger partial charge >= 0.3 is 0 Å². The number of ether oxygens (including phenoxy) is 1. The summed E-state index contributed by atoms with van der Waals surface area (Å²) in [7, 11) is -1.83. The highest BCUT2D eigenvalue weighted by atomic mass is 32.2. The minimum absolute atomic E-state index is 0.0310. The number of methoxy groups -OCH3 is 1. The Balaban J connectivity index is 2.81. The summed E-state index contributed by atoms with van der Waals surface area (Å²) < 4.78 is 31.6. The third kappa shape index (κ3) is 4.91. The first kappa shape index (κ1) is 16.1. The molecule has 0 aromatic heterocycles. The Hall–Kier alpha value is -0.950. The fraction of sp³-hybridized carbons (Fsp3) is 0.538. The van der Waals surface area contributed by atoms with Crippen LogP contribution in [0.1, 0.15) is 18.9 Å². The molecule has 0 amide bonds. The normalized spacial score (nSPS) is 15.1. The molecule has 1 rings (SSSR count). The Morgan fingerprint density at radius 1 is 1.32 bits per heavy atom. The second-order valence-electron chi connectivity index (χ2n) is 4.67. The summed E-state index contributed by atoms with van der Waals surface area (Å²) >= 11 is 0. The lowest BCUT2D eigenvalue weighted by molar-refractivity contribution is 0.199. The fourth-order valence-electron chi connectivity index (χ4n) is 1.81. The van der Waals surface area contributed by atoms with E-state index in [1.165, 1.54) is 0 Å². The number of rotatable bonds is 8. The predicted molar refractivity (Wildman–Crippen MR) is 76.3 cm³/mol. The van der Waals surface area contributed by atoms with Gasteiger partial charge in [-0.1, -0.05) is 30.3 Å². The molecule has 1 aromatic carbocycles. The molecule has 3 N–H and O–H groups in total. The highest BCUT2D eigenvalue weighted by molar-refractivity contribution is 7.89. The number of nitrogens with one attached hydrogen (secondary N) is 1. The van der Waals surface area contributed by atoms with Crippen molar-refractivity contribution in [3.63, 3.8) is 0 Å². The predicted octanol–water partition coefficient (Wildman–Crippen LogP) is 0.816. The molecule has 1 atom stereocenters. The summed E-state index contributed by atoms with van der Waals surface area (Å²) in [6.07, 6.45) is 0.460. The number of hydrogen-bond donors (Lipinski definition) is 2. The Labute approximate surface area is 115 Å². The molecular weight excluding hydrogens is 264 g/mol. The Bertz CT molecular complexity index is 476. The van der Waals surface area contributed by atoms with Gasteiger partial charge in [0.05, 0.1) is 11.3 Å². The van der Waals surface area contributed by atoms with Gasteiger partial charge < -0.3 is 10.5 Å². The van der Waals surface area contributed by atoms with Crippen molar-refractivity contribution in [2.45, 2.75) is 18.9 Å². The molecule has 0 heterocycles. The molecule has 5 nitrogen and oxygen atoms in total. The van der Waals surface area contributed by atoms with Crippen LogP contribution in [0, 0.1) is 0 Å². The molecule has 0 saturated carbocycles. The van der Waals surface area contributed by atoms with Gasteiger partial charge in [0.1, 0.15) is 0 Å². The first-order chi connectivity index (χ1) is 8.93. The highest BCUT2D eigenvalue weighted by Gasteiger charge is 2.29. The molecule has 1 unspecified atom stereocenters. The van der Waals surface area contributed by atoms with Gasteiger partial charge in [0.2, 0.25) is 10.0 Å². The molecule has 0 fully saturated rings. The van der Waals surface area contributed by atoms with Crippen LogP contribution in [0.4, 0.5) is 0 Å². The number of nitrogens with two attached hydrogens (primary N) is 1. The maximum atomic E-state index is 12.0. The van der Waals surface area contributed by atoms with Crippen molar-refractivity contribution in [1.82, 2.24) is 4.72 Å². The van der Waals surface area contributed by atoms with Crippen LogP contribution in [0.5, 0.6) is 0 Å². The van der Waals surface area contributed by atoms with E-state index >= 15 is 0 Å². The van der Waals surface area contributed by atoms with E-state index in [-0.39, 0.29) is 12.3 Å². The highest BCUT2D eigenvalue weighted by Crippen LogP contribution is 2.20. The molecule has 1 aromatic rings. The van der Waals surface area contributed by atoms with Gasteiger partial charge in [0.25, 0.3) is 0 Å². The number of hydrogen-bond acceptors (Lipinski definition) is 4. The molecule has 0 spiro atoms. The van der Waals surface area contributed by atoms with Gasteiger partial charge in [-0.15, -0.1) is 0 Å². The van der Waals surface area contributed by atoms with Crippen LogP contribution in [0.3, 0.4) is 0 Å². The van der Waals surface area contributed by atoms with Crippen LogP contribution in [0.15, 0.2) is 30.3 Å². The van der Waals surface area contributed by atoms with E-state index in [0.29, 0.717) is 13.0 Å². The van der Waals surface area contributed by atoms with Crippen molar-refractivity contribution < 1.29 is 13.2 Å². The maximum absolute atomic E-state index is 12.0. The van der Waals surface area contributed by atoms with E-state index in [9.17, 15) is 8.42 Å². The quantitative estimate of drug-likeness (QED) is 0.693. The monoisotopic (exact) mass is 286 g/mol. The Kier molecular flexibility index (Phi) is 5.93. The molecule has 0 radical (unpaired) electrons. The van der Waals surface area contributed by atoms with Crippen molar-refractivity contribution in [1.29, 1.82) is 0 Å². The van der Waals surface area contributed by atoms with Crippen LogP contribution >= 0.6 is 0 Å². The summed E-state index contributed by atoms with van der Waals surface area (Å²) in [5.41, 5.74) is 5.82. The van der Waals surface area contributed by atoms with Gasteiger partial charge in [0, 0.05) is 20.3 Å². The zero-order valence-corrected chi connectivity index (χ0v) is 12.2. The molecule has 6 heteroatoms. The molecular formula is C13H22N2O3S. The fourth-order valence-corrected chi connectivity index (χ4v) is 3.30. The minimum atomic E-state index is -3.38. The summed E-state index contributed by atoms with van der Waals surface area (Å²) in [5, 5.41) is 0. The third-order valence-electron chi connectivity index (χ3n) is 2.96.